The fraction of sp³-hybridized carbons (Fsp3) is 0.409. The van der Waals surface area contributed by atoms with E-state index in [-0.39, 0.29) is 11.7 Å². The molecule has 2 aromatic carbocycles. The number of anilines is 3. The molecule has 0 atom stereocenters. The van der Waals surface area contributed by atoms with Gasteiger partial charge in [-0.25, -0.2) is 4.39 Å². The Bertz CT molecular complexity index is 816. The van der Waals surface area contributed by atoms with Crippen LogP contribution in [0.25, 0.3) is 0 Å². The molecule has 1 amide bonds. The molecule has 0 unspecified atom stereocenters. The Morgan fingerprint density at radius 3 is 2.28 bits per heavy atom. The first-order chi connectivity index (χ1) is 14.2. The first-order valence-corrected chi connectivity index (χ1v) is 10.1. The minimum atomic E-state index is -0.195. The van der Waals surface area contributed by atoms with E-state index in [2.05, 4.69) is 15.1 Å². The number of ether oxygens (including phenoxy) is 1. The topological polar surface area (TPSA) is 48.1 Å². The van der Waals surface area contributed by atoms with Crippen molar-refractivity contribution in [1.29, 1.82) is 0 Å². The van der Waals surface area contributed by atoms with E-state index in [9.17, 15) is 9.18 Å². The van der Waals surface area contributed by atoms with Gasteiger partial charge in [-0.2, -0.15) is 0 Å². The Hall–Kier alpha value is -2.64. The van der Waals surface area contributed by atoms with Gasteiger partial charge in [0.1, 0.15) is 5.82 Å². The van der Waals surface area contributed by atoms with Gasteiger partial charge >= 0.3 is 0 Å². The van der Waals surface area contributed by atoms with Crippen molar-refractivity contribution < 1.29 is 13.9 Å². The first-order valence-electron chi connectivity index (χ1n) is 10.1. The molecule has 4 rings (SSSR count). The van der Waals surface area contributed by atoms with Gasteiger partial charge in [-0.1, -0.05) is 12.1 Å². The zero-order chi connectivity index (χ0) is 20.1. The lowest BCUT2D eigenvalue weighted by atomic mass is 10.2. The molecule has 6 nitrogen and oxygen atoms in total. The maximum Gasteiger partial charge on any atom is 0.238 e. The van der Waals surface area contributed by atoms with Crippen LogP contribution in [-0.4, -0.2) is 69.8 Å². The lowest BCUT2D eigenvalue weighted by Gasteiger charge is -2.35. The highest BCUT2D eigenvalue weighted by Gasteiger charge is 2.21. The Balaban J connectivity index is 1.24. The summed E-state index contributed by atoms with van der Waals surface area (Å²) in [4.78, 5) is 18.8. The Morgan fingerprint density at radius 1 is 0.897 bits per heavy atom. The van der Waals surface area contributed by atoms with Crippen molar-refractivity contribution >= 4 is 23.0 Å². The van der Waals surface area contributed by atoms with Crippen molar-refractivity contribution in [2.24, 2.45) is 0 Å². The number of piperazine rings is 1. The van der Waals surface area contributed by atoms with E-state index in [1.54, 1.807) is 12.1 Å². The molecule has 2 aromatic rings. The van der Waals surface area contributed by atoms with Gasteiger partial charge in [-0.15, -0.1) is 0 Å². The number of nitrogens with zero attached hydrogens (tertiary/aromatic N) is 3. The second kappa shape index (κ2) is 9.24. The lowest BCUT2D eigenvalue weighted by molar-refractivity contribution is -0.117. The predicted molar refractivity (Wildman–Crippen MR) is 113 cm³/mol. The van der Waals surface area contributed by atoms with E-state index in [0.29, 0.717) is 25.3 Å². The van der Waals surface area contributed by atoms with Gasteiger partial charge < -0.3 is 19.9 Å². The van der Waals surface area contributed by atoms with E-state index in [1.165, 1.54) is 6.07 Å². The summed E-state index contributed by atoms with van der Waals surface area (Å²) in [7, 11) is 0. The molecule has 29 heavy (non-hydrogen) atoms. The number of halogens is 1. The third-order valence-corrected chi connectivity index (χ3v) is 5.46. The second-order valence-electron chi connectivity index (χ2n) is 7.41. The van der Waals surface area contributed by atoms with Crippen LogP contribution >= 0.6 is 0 Å². The number of nitrogens with one attached hydrogen (secondary N) is 1. The number of rotatable bonds is 5. The largest absolute Gasteiger partial charge is 0.378 e. The maximum atomic E-state index is 13.9. The van der Waals surface area contributed by atoms with Gasteiger partial charge in [0.2, 0.25) is 5.91 Å². The second-order valence-corrected chi connectivity index (χ2v) is 7.41. The molecule has 2 saturated heterocycles. The highest BCUT2D eigenvalue weighted by atomic mass is 19.1. The normalized spacial score (nSPS) is 18.0. The van der Waals surface area contributed by atoms with Crippen LogP contribution < -0.4 is 15.1 Å². The van der Waals surface area contributed by atoms with Crippen LogP contribution in [0.4, 0.5) is 21.5 Å². The van der Waals surface area contributed by atoms with Gasteiger partial charge in [0.25, 0.3) is 0 Å². The van der Waals surface area contributed by atoms with Crippen LogP contribution in [0.2, 0.25) is 0 Å². The quantitative estimate of drug-likeness (QED) is 0.838. The average Bonchev–Trinajstić information content (AvgIpc) is 2.76. The van der Waals surface area contributed by atoms with E-state index in [0.717, 1.165) is 50.8 Å². The summed E-state index contributed by atoms with van der Waals surface area (Å²) in [6, 6.07) is 14.8. The third kappa shape index (κ3) is 5.05. The summed E-state index contributed by atoms with van der Waals surface area (Å²) >= 11 is 0. The molecule has 0 spiro atoms. The summed E-state index contributed by atoms with van der Waals surface area (Å²) in [5, 5.41) is 2.97. The fourth-order valence-corrected chi connectivity index (χ4v) is 3.84. The number of morpholine rings is 1. The van der Waals surface area contributed by atoms with Crippen molar-refractivity contribution in [3.05, 3.63) is 54.3 Å². The van der Waals surface area contributed by atoms with Crippen LogP contribution in [0.3, 0.4) is 0 Å². The number of carbonyl (C=O) groups excluding carboxylic acids is 1. The van der Waals surface area contributed by atoms with Gasteiger partial charge in [-0.05, 0) is 36.4 Å². The zero-order valence-electron chi connectivity index (χ0n) is 16.5. The van der Waals surface area contributed by atoms with Crippen molar-refractivity contribution in [1.82, 2.24) is 4.90 Å². The van der Waals surface area contributed by atoms with Crippen molar-refractivity contribution in [3.63, 3.8) is 0 Å². The summed E-state index contributed by atoms with van der Waals surface area (Å²) in [6.07, 6.45) is 0. The molecule has 0 aromatic heterocycles. The molecule has 154 valence electrons. The minimum absolute atomic E-state index is 0.0246. The minimum Gasteiger partial charge on any atom is -0.378 e. The number of benzene rings is 2. The molecule has 2 heterocycles. The molecular formula is C22H27FN4O2. The molecule has 0 saturated carbocycles. The molecule has 0 radical (unpaired) electrons. The Labute approximate surface area is 170 Å². The standard InChI is InChI=1S/C22H27FN4O2/c23-20-3-1-2-4-21(20)27-11-9-25(10-12-27)17-22(28)24-18-5-7-19(8-6-18)26-13-15-29-16-14-26/h1-8H,9-17H2,(H,24,28). The molecule has 0 bridgehead atoms. The summed E-state index contributed by atoms with van der Waals surface area (Å²) in [5.74, 6) is -0.220. The molecule has 1 N–H and O–H groups in total. The lowest BCUT2D eigenvalue weighted by Crippen LogP contribution is -2.48. The number of hydrogen-bond acceptors (Lipinski definition) is 5. The van der Waals surface area contributed by atoms with E-state index in [4.69, 9.17) is 4.74 Å². The number of para-hydroxylation sites is 1. The maximum absolute atomic E-state index is 13.9. The van der Waals surface area contributed by atoms with Crippen LogP contribution in [0.1, 0.15) is 0 Å². The van der Waals surface area contributed by atoms with Crippen LogP contribution in [0.15, 0.2) is 48.5 Å². The van der Waals surface area contributed by atoms with Crippen molar-refractivity contribution in [2.45, 2.75) is 0 Å². The monoisotopic (exact) mass is 398 g/mol. The average molecular weight is 398 g/mol. The highest BCUT2D eigenvalue weighted by molar-refractivity contribution is 5.92. The zero-order valence-corrected chi connectivity index (χ0v) is 16.5. The predicted octanol–water partition coefficient (Wildman–Crippen LogP) is 2.42. The molecule has 2 fully saturated rings. The molecular weight excluding hydrogens is 371 g/mol. The number of hydrogen-bond donors (Lipinski definition) is 1. The van der Waals surface area contributed by atoms with Crippen molar-refractivity contribution in [3.8, 4) is 0 Å². The van der Waals surface area contributed by atoms with E-state index >= 15 is 0 Å². The van der Waals surface area contributed by atoms with Gasteiger partial charge in [0, 0.05) is 50.6 Å². The van der Waals surface area contributed by atoms with Gasteiger partial charge in [0.05, 0.1) is 25.4 Å². The molecule has 7 heteroatoms. The summed E-state index contributed by atoms with van der Waals surface area (Å²) < 4.78 is 19.3. The summed E-state index contributed by atoms with van der Waals surface area (Å²) in [5.41, 5.74) is 2.59. The Morgan fingerprint density at radius 2 is 1.59 bits per heavy atom. The smallest absolute Gasteiger partial charge is 0.238 e. The first kappa shape index (κ1) is 19.7. The van der Waals surface area contributed by atoms with E-state index in [1.807, 2.05) is 35.2 Å². The fourth-order valence-electron chi connectivity index (χ4n) is 3.84. The molecule has 2 aliphatic heterocycles. The number of carbonyl (C=O) groups is 1. The van der Waals surface area contributed by atoms with Crippen LogP contribution in [0.5, 0.6) is 0 Å². The highest BCUT2D eigenvalue weighted by Crippen LogP contribution is 2.21. The van der Waals surface area contributed by atoms with E-state index < -0.39 is 0 Å². The van der Waals surface area contributed by atoms with Crippen molar-refractivity contribution in [2.75, 3.05) is 74.1 Å². The van der Waals surface area contributed by atoms with Gasteiger partial charge in [-0.3, -0.25) is 9.69 Å². The Kier molecular flexibility index (Phi) is 6.27. The molecule has 2 aliphatic rings. The van der Waals surface area contributed by atoms with Gasteiger partial charge in [0.15, 0.2) is 0 Å². The van der Waals surface area contributed by atoms with Crippen LogP contribution in [-0.2, 0) is 9.53 Å². The SMILES string of the molecule is O=C(CN1CCN(c2ccccc2F)CC1)Nc1ccc(N2CCOCC2)cc1. The molecule has 0 aliphatic carbocycles. The third-order valence-electron chi connectivity index (χ3n) is 5.46. The summed E-state index contributed by atoms with van der Waals surface area (Å²) in [6.45, 7) is 6.52. The van der Waals surface area contributed by atoms with Crippen LogP contribution in [0, 0.1) is 5.82 Å². The number of amides is 1.